The summed E-state index contributed by atoms with van der Waals surface area (Å²) in [4.78, 5) is 0. The normalized spacial score (nSPS) is 34.7. The fourth-order valence-electron chi connectivity index (χ4n) is 1.65. The van der Waals surface area contributed by atoms with Crippen LogP contribution in [0.25, 0.3) is 0 Å². The zero-order valence-corrected chi connectivity index (χ0v) is 6.43. The molecule has 2 N–H and O–H groups in total. The second kappa shape index (κ2) is 2.70. The average molecular weight is 127 g/mol. The van der Waals surface area contributed by atoms with E-state index in [4.69, 9.17) is 5.73 Å². The van der Waals surface area contributed by atoms with Gasteiger partial charge in [0.15, 0.2) is 0 Å². The minimum Gasteiger partial charge on any atom is -0.328 e. The Kier molecular flexibility index (Phi) is 2.12. The second-order valence-electron chi connectivity index (χ2n) is 3.73. The first kappa shape index (κ1) is 7.07. The van der Waals surface area contributed by atoms with Crippen molar-refractivity contribution in [1.82, 2.24) is 0 Å². The molecule has 54 valence electrons. The molecule has 0 amide bonds. The van der Waals surface area contributed by atoms with Gasteiger partial charge in [-0.05, 0) is 31.1 Å². The first-order valence-electron chi connectivity index (χ1n) is 3.94. The van der Waals surface area contributed by atoms with Crippen molar-refractivity contribution in [2.45, 2.75) is 39.2 Å². The summed E-state index contributed by atoms with van der Waals surface area (Å²) in [7, 11) is 0. The molecule has 0 aromatic heterocycles. The molecule has 0 aliphatic heterocycles. The van der Waals surface area contributed by atoms with Gasteiger partial charge in [-0.2, -0.15) is 0 Å². The highest BCUT2D eigenvalue weighted by Gasteiger charge is 2.25. The largest absolute Gasteiger partial charge is 0.328 e. The molecule has 0 aromatic rings. The predicted octanol–water partition coefficient (Wildman–Crippen LogP) is 1.77. The summed E-state index contributed by atoms with van der Waals surface area (Å²) in [6.45, 7) is 4.56. The van der Waals surface area contributed by atoms with Crippen LogP contribution in [-0.4, -0.2) is 6.04 Å². The minimum atomic E-state index is 0.536. The highest BCUT2D eigenvalue weighted by molar-refractivity contribution is 4.82. The average Bonchev–Trinajstić information content (AvgIpc) is 1.60. The smallest absolute Gasteiger partial charge is 0.00441 e. The van der Waals surface area contributed by atoms with Crippen molar-refractivity contribution in [2.24, 2.45) is 17.6 Å². The Morgan fingerprint density at radius 1 is 1.44 bits per heavy atom. The monoisotopic (exact) mass is 127 g/mol. The van der Waals surface area contributed by atoms with E-state index in [1.54, 1.807) is 0 Å². The van der Waals surface area contributed by atoms with Gasteiger partial charge in [-0.3, -0.25) is 0 Å². The molecule has 0 radical (unpaired) electrons. The lowest BCUT2D eigenvalue weighted by Gasteiger charge is -2.33. The molecule has 0 unspecified atom stereocenters. The van der Waals surface area contributed by atoms with Crippen LogP contribution in [0, 0.1) is 11.8 Å². The third kappa shape index (κ3) is 1.98. The van der Waals surface area contributed by atoms with E-state index >= 15 is 0 Å². The van der Waals surface area contributed by atoms with Crippen LogP contribution in [0.15, 0.2) is 0 Å². The summed E-state index contributed by atoms with van der Waals surface area (Å²) in [6, 6.07) is 0.536. The molecule has 1 nitrogen and oxygen atoms in total. The number of rotatable bonds is 2. The summed E-state index contributed by atoms with van der Waals surface area (Å²) >= 11 is 0. The third-order valence-corrected chi connectivity index (χ3v) is 2.08. The quantitative estimate of drug-likeness (QED) is 0.601. The van der Waals surface area contributed by atoms with Crippen molar-refractivity contribution >= 4 is 0 Å². The lowest BCUT2D eigenvalue weighted by atomic mass is 9.76. The lowest BCUT2D eigenvalue weighted by molar-refractivity contribution is 0.226. The molecule has 1 aliphatic rings. The van der Waals surface area contributed by atoms with Crippen LogP contribution >= 0.6 is 0 Å². The zero-order valence-electron chi connectivity index (χ0n) is 6.43. The molecular weight excluding hydrogens is 110 g/mol. The van der Waals surface area contributed by atoms with Gasteiger partial charge in [0, 0.05) is 6.04 Å². The Labute approximate surface area is 57.6 Å². The van der Waals surface area contributed by atoms with Crippen LogP contribution in [0.5, 0.6) is 0 Å². The Balaban J connectivity index is 2.04. The molecule has 1 saturated carbocycles. The topological polar surface area (TPSA) is 26.0 Å². The number of hydrogen-bond acceptors (Lipinski definition) is 1. The van der Waals surface area contributed by atoms with Gasteiger partial charge in [0.1, 0.15) is 0 Å². The lowest BCUT2D eigenvalue weighted by Crippen LogP contribution is -2.36. The maximum absolute atomic E-state index is 5.64. The molecular formula is C8H17N. The first-order chi connectivity index (χ1) is 4.18. The zero-order chi connectivity index (χ0) is 6.85. The summed E-state index contributed by atoms with van der Waals surface area (Å²) < 4.78 is 0. The minimum absolute atomic E-state index is 0.536. The fourth-order valence-corrected chi connectivity index (χ4v) is 1.65. The van der Waals surface area contributed by atoms with Crippen molar-refractivity contribution in [3.05, 3.63) is 0 Å². The van der Waals surface area contributed by atoms with E-state index in [1.807, 2.05) is 0 Å². The Hall–Kier alpha value is -0.0400. The van der Waals surface area contributed by atoms with Crippen molar-refractivity contribution in [3.8, 4) is 0 Å². The van der Waals surface area contributed by atoms with E-state index in [1.165, 1.54) is 19.3 Å². The second-order valence-corrected chi connectivity index (χ2v) is 3.73. The molecule has 0 saturated heterocycles. The highest BCUT2D eigenvalue weighted by Crippen LogP contribution is 2.30. The van der Waals surface area contributed by atoms with Gasteiger partial charge in [-0.25, -0.2) is 0 Å². The number of hydrogen-bond donors (Lipinski definition) is 1. The first-order valence-corrected chi connectivity index (χ1v) is 3.94. The van der Waals surface area contributed by atoms with Crippen molar-refractivity contribution in [3.63, 3.8) is 0 Å². The third-order valence-electron chi connectivity index (χ3n) is 2.08. The van der Waals surface area contributed by atoms with Gasteiger partial charge in [0.05, 0.1) is 0 Å². The molecule has 0 bridgehead atoms. The van der Waals surface area contributed by atoms with Gasteiger partial charge < -0.3 is 5.73 Å². The molecule has 0 aromatic carbocycles. The van der Waals surface area contributed by atoms with Crippen LogP contribution in [0.1, 0.15) is 33.1 Å². The van der Waals surface area contributed by atoms with Crippen molar-refractivity contribution in [1.29, 1.82) is 0 Å². The van der Waals surface area contributed by atoms with Crippen LogP contribution in [-0.2, 0) is 0 Å². The van der Waals surface area contributed by atoms with Crippen molar-refractivity contribution in [2.75, 3.05) is 0 Å². The van der Waals surface area contributed by atoms with Gasteiger partial charge in [-0.1, -0.05) is 13.8 Å². The SMILES string of the molecule is CC(C)C[C@H]1C[C@@H](N)C1. The van der Waals surface area contributed by atoms with E-state index < -0.39 is 0 Å². The summed E-state index contributed by atoms with van der Waals surface area (Å²) in [5, 5.41) is 0. The molecule has 1 heteroatoms. The molecule has 1 aliphatic carbocycles. The van der Waals surface area contributed by atoms with Gasteiger partial charge in [-0.15, -0.1) is 0 Å². The molecule has 1 fully saturated rings. The van der Waals surface area contributed by atoms with E-state index in [9.17, 15) is 0 Å². The molecule has 1 rings (SSSR count). The summed E-state index contributed by atoms with van der Waals surface area (Å²) in [5.41, 5.74) is 5.64. The molecule has 9 heavy (non-hydrogen) atoms. The Morgan fingerprint density at radius 3 is 2.33 bits per heavy atom. The standard InChI is InChI=1S/C8H17N/c1-6(2)3-7-4-8(9)5-7/h6-8H,3-5,9H2,1-2H3/t7-,8+. The van der Waals surface area contributed by atoms with Crippen LogP contribution in [0.2, 0.25) is 0 Å². The molecule has 0 heterocycles. The summed E-state index contributed by atoms with van der Waals surface area (Å²) in [6.07, 6.45) is 3.93. The van der Waals surface area contributed by atoms with Crippen LogP contribution < -0.4 is 5.73 Å². The fraction of sp³-hybridized carbons (Fsp3) is 1.00. The van der Waals surface area contributed by atoms with Crippen molar-refractivity contribution < 1.29 is 0 Å². The molecule has 0 atom stereocenters. The predicted molar refractivity (Wildman–Crippen MR) is 40.2 cm³/mol. The van der Waals surface area contributed by atoms with E-state index in [-0.39, 0.29) is 0 Å². The Morgan fingerprint density at radius 2 is 2.00 bits per heavy atom. The molecule has 0 spiro atoms. The summed E-state index contributed by atoms with van der Waals surface area (Å²) in [5.74, 6) is 1.82. The maximum Gasteiger partial charge on any atom is 0.00441 e. The van der Waals surface area contributed by atoms with Gasteiger partial charge >= 0.3 is 0 Å². The van der Waals surface area contributed by atoms with Crippen LogP contribution in [0.4, 0.5) is 0 Å². The van der Waals surface area contributed by atoms with E-state index in [0.29, 0.717) is 6.04 Å². The van der Waals surface area contributed by atoms with Crippen LogP contribution in [0.3, 0.4) is 0 Å². The van der Waals surface area contributed by atoms with Gasteiger partial charge in [0.2, 0.25) is 0 Å². The Bertz CT molecular complexity index is 82.6. The van der Waals surface area contributed by atoms with E-state index in [2.05, 4.69) is 13.8 Å². The van der Waals surface area contributed by atoms with Gasteiger partial charge in [0.25, 0.3) is 0 Å². The van der Waals surface area contributed by atoms with E-state index in [0.717, 1.165) is 11.8 Å². The maximum atomic E-state index is 5.64. The highest BCUT2D eigenvalue weighted by atomic mass is 14.7. The number of nitrogens with two attached hydrogens (primary N) is 1.